The molecule has 2 heterocycles. The predicted octanol–water partition coefficient (Wildman–Crippen LogP) is 4.16. The molecular weight excluding hydrogens is 397 g/mol. The number of nitrogens with zero attached hydrogens (tertiary/aromatic N) is 3. The molecule has 28 heavy (non-hydrogen) atoms. The van der Waals surface area contributed by atoms with Crippen LogP contribution in [0, 0.1) is 0 Å². The van der Waals surface area contributed by atoms with Gasteiger partial charge in [0.1, 0.15) is 5.75 Å². The molecule has 0 aromatic heterocycles. The second-order valence-electron chi connectivity index (χ2n) is 6.92. The minimum atomic E-state index is -0.181. The molecule has 7 heteroatoms. The number of carbonyl (C=O) groups excluding carboxylic acids is 1. The molecule has 0 bridgehead atoms. The molecule has 1 fully saturated rings. The molecule has 0 atom stereocenters. The summed E-state index contributed by atoms with van der Waals surface area (Å²) < 4.78 is 5.83. The Bertz CT molecular complexity index is 909. The zero-order valence-corrected chi connectivity index (χ0v) is 16.9. The van der Waals surface area contributed by atoms with Gasteiger partial charge >= 0.3 is 0 Å². The van der Waals surface area contributed by atoms with E-state index in [0.717, 1.165) is 56.1 Å². The molecule has 0 unspecified atom stereocenters. The van der Waals surface area contributed by atoms with E-state index in [1.807, 2.05) is 30.3 Å². The van der Waals surface area contributed by atoms with Crippen LogP contribution in [0.5, 0.6) is 5.75 Å². The summed E-state index contributed by atoms with van der Waals surface area (Å²) in [4.78, 5) is 20.0. The van der Waals surface area contributed by atoms with Crippen LogP contribution in [0.4, 0.5) is 5.69 Å². The number of carbonyl (C=O) groups is 1. The molecule has 1 saturated heterocycles. The Morgan fingerprint density at radius 1 is 1.07 bits per heavy atom. The van der Waals surface area contributed by atoms with Crippen molar-refractivity contribution in [1.82, 2.24) is 4.90 Å². The standard InChI is InChI=1S/C21H21Cl2N3O2/c22-18-3-1-4-19(20(18)23)26-10-8-25(9-11-26)7-2-12-28-16-5-6-17-15(13-16)14-24-21(17)27/h1,3-6,13-14H,2,7-12H2. The third-order valence-electron chi connectivity index (χ3n) is 5.11. The number of piperazine rings is 1. The summed E-state index contributed by atoms with van der Waals surface area (Å²) in [6.07, 6.45) is 2.54. The van der Waals surface area contributed by atoms with Gasteiger partial charge in [-0.25, -0.2) is 4.99 Å². The van der Waals surface area contributed by atoms with Crippen LogP contribution in [-0.4, -0.2) is 56.4 Å². The maximum absolute atomic E-state index is 11.5. The van der Waals surface area contributed by atoms with Gasteiger partial charge in [0.25, 0.3) is 5.91 Å². The highest BCUT2D eigenvalue weighted by atomic mass is 35.5. The molecule has 146 valence electrons. The van der Waals surface area contributed by atoms with Crippen LogP contribution in [0.2, 0.25) is 10.0 Å². The highest BCUT2D eigenvalue weighted by Crippen LogP contribution is 2.32. The van der Waals surface area contributed by atoms with Crippen molar-refractivity contribution in [3.63, 3.8) is 0 Å². The normalized spacial score (nSPS) is 16.5. The number of hydrogen-bond donors (Lipinski definition) is 0. The van der Waals surface area contributed by atoms with Crippen molar-refractivity contribution in [3.8, 4) is 5.75 Å². The first-order chi connectivity index (χ1) is 13.6. The first kappa shape index (κ1) is 19.2. The quantitative estimate of drug-likeness (QED) is 0.661. The SMILES string of the molecule is O=C1N=Cc2cc(OCCCN3CCN(c4cccc(Cl)c4Cl)CC3)ccc21. The van der Waals surface area contributed by atoms with E-state index in [-0.39, 0.29) is 5.91 Å². The van der Waals surface area contributed by atoms with Gasteiger partial charge in [0, 0.05) is 44.5 Å². The van der Waals surface area contributed by atoms with Gasteiger partial charge in [-0.3, -0.25) is 9.69 Å². The van der Waals surface area contributed by atoms with Gasteiger partial charge in [-0.2, -0.15) is 0 Å². The second-order valence-corrected chi connectivity index (χ2v) is 7.70. The maximum Gasteiger partial charge on any atom is 0.277 e. The molecular formula is C21H21Cl2N3O2. The number of benzene rings is 2. The minimum absolute atomic E-state index is 0.181. The lowest BCUT2D eigenvalue weighted by atomic mass is 10.1. The van der Waals surface area contributed by atoms with E-state index in [1.165, 1.54) is 0 Å². The van der Waals surface area contributed by atoms with Crippen molar-refractivity contribution in [2.45, 2.75) is 6.42 Å². The first-order valence-corrected chi connectivity index (χ1v) is 10.1. The Labute approximate surface area is 174 Å². The van der Waals surface area contributed by atoms with E-state index in [9.17, 15) is 4.79 Å². The maximum atomic E-state index is 11.5. The molecule has 1 amide bonds. The van der Waals surface area contributed by atoms with Crippen LogP contribution in [0.1, 0.15) is 22.3 Å². The Hall–Kier alpha value is -2.08. The zero-order chi connectivity index (χ0) is 19.5. The zero-order valence-electron chi connectivity index (χ0n) is 15.4. The molecule has 0 aliphatic carbocycles. The Balaban J connectivity index is 1.20. The highest BCUT2D eigenvalue weighted by molar-refractivity contribution is 6.43. The Morgan fingerprint density at radius 2 is 1.89 bits per heavy atom. The topological polar surface area (TPSA) is 45.1 Å². The molecule has 0 N–H and O–H groups in total. The lowest BCUT2D eigenvalue weighted by Gasteiger charge is -2.36. The summed E-state index contributed by atoms with van der Waals surface area (Å²) in [7, 11) is 0. The third-order valence-corrected chi connectivity index (χ3v) is 5.91. The number of hydrogen-bond acceptors (Lipinski definition) is 4. The van der Waals surface area contributed by atoms with Crippen LogP contribution in [0.15, 0.2) is 41.4 Å². The van der Waals surface area contributed by atoms with Crippen LogP contribution in [0.3, 0.4) is 0 Å². The van der Waals surface area contributed by atoms with Crippen LogP contribution in [0.25, 0.3) is 0 Å². The minimum Gasteiger partial charge on any atom is -0.494 e. The number of anilines is 1. The van der Waals surface area contributed by atoms with E-state index >= 15 is 0 Å². The number of amides is 1. The average molecular weight is 418 g/mol. The number of ether oxygens (including phenoxy) is 1. The van der Waals surface area contributed by atoms with E-state index in [0.29, 0.717) is 22.2 Å². The van der Waals surface area contributed by atoms with Crippen LogP contribution >= 0.6 is 23.2 Å². The molecule has 5 nitrogen and oxygen atoms in total. The molecule has 4 rings (SSSR count). The van der Waals surface area contributed by atoms with Gasteiger partial charge in [0.15, 0.2) is 0 Å². The van der Waals surface area contributed by atoms with Gasteiger partial charge < -0.3 is 9.64 Å². The first-order valence-electron chi connectivity index (χ1n) is 9.38. The number of aliphatic imine (C=N–C) groups is 1. The second kappa shape index (κ2) is 8.52. The molecule has 2 aromatic carbocycles. The summed E-state index contributed by atoms with van der Waals surface area (Å²) in [5.41, 5.74) is 2.49. The van der Waals surface area contributed by atoms with Crippen molar-refractivity contribution >= 4 is 41.0 Å². The summed E-state index contributed by atoms with van der Waals surface area (Å²) >= 11 is 12.5. The number of rotatable bonds is 6. The number of fused-ring (bicyclic) bond motifs is 1. The van der Waals surface area contributed by atoms with Gasteiger partial charge in [-0.1, -0.05) is 29.3 Å². The van der Waals surface area contributed by atoms with E-state index in [4.69, 9.17) is 27.9 Å². The lowest BCUT2D eigenvalue weighted by Crippen LogP contribution is -2.46. The van der Waals surface area contributed by atoms with Crippen molar-refractivity contribution in [3.05, 3.63) is 57.6 Å². The molecule has 0 saturated carbocycles. The largest absolute Gasteiger partial charge is 0.494 e. The van der Waals surface area contributed by atoms with Gasteiger partial charge in [-0.15, -0.1) is 0 Å². The molecule has 0 radical (unpaired) electrons. The van der Waals surface area contributed by atoms with E-state index in [2.05, 4.69) is 14.8 Å². The third kappa shape index (κ3) is 4.17. The average Bonchev–Trinajstić information content (AvgIpc) is 3.08. The van der Waals surface area contributed by atoms with Crippen LogP contribution in [-0.2, 0) is 0 Å². The summed E-state index contributed by atoms with van der Waals surface area (Å²) in [5, 5.41) is 1.23. The van der Waals surface area contributed by atoms with E-state index < -0.39 is 0 Å². The Morgan fingerprint density at radius 3 is 2.71 bits per heavy atom. The smallest absolute Gasteiger partial charge is 0.277 e. The summed E-state index contributed by atoms with van der Waals surface area (Å²) in [6.45, 7) is 5.46. The molecule has 2 aliphatic rings. The molecule has 2 aliphatic heterocycles. The number of halogens is 2. The lowest BCUT2D eigenvalue weighted by molar-refractivity contribution is 0.101. The van der Waals surface area contributed by atoms with Gasteiger partial charge in [0.05, 0.1) is 27.9 Å². The van der Waals surface area contributed by atoms with Gasteiger partial charge in [0.2, 0.25) is 0 Å². The monoisotopic (exact) mass is 417 g/mol. The van der Waals surface area contributed by atoms with Crippen molar-refractivity contribution in [2.75, 3.05) is 44.2 Å². The van der Waals surface area contributed by atoms with Gasteiger partial charge in [-0.05, 0) is 36.8 Å². The Kier molecular flexibility index (Phi) is 5.85. The van der Waals surface area contributed by atoms with Crippen molar-refractivity contribution in [2.24, 2.45) is 4.99 Å². The van der Waals surface area contributed by atoms with Crippen LogP contribution < -0.4 is 9.64 Å². The van der Waals surface area contributed by atoms with Crippen molar-refractivity contribution in [1.29, 1.82) is 0 Å². The predicted molar refractivity (Wildman–Crippen MR) is 114 cm³/mol. The highest BCUT2D eigenvalue weighted by Gasteiger charge is 2.19. The van der Waals surface area contributed by atoms with E-state index in [1.54, 1.807) is 12.3 Å². The fourth-order valence-corrected chi connectivity index (χ4v) is 3.97. The van der Waals surface area contributed by atoms with Crippen molar-refractivity contribution < 1.29 is 9.53 Å². The fourth-order valence-electron chi connectivity index (χ4n) is 3.56. The molecule has 2 aromatic rings. The fraction of sp³-hybridized carbons (Fsp3) is 0.333. The molecule has 0 spiro atoms. The summed E-state index contributed by atoms with van der Waals surface area (Å²) in [6, 6.07) is 11.3. The summed E-state index contributed by atoms with van der Waals surface area (Å²) in [5.74, 6) is 0.597.